The number of fused-ring (bicyclic) bond motifs is 1. The number of imide groups is 1. The maximum atomic E-state index is 13.9. The molecular formula is C28H35N3O4. The Morgan fingerprint density at radius 3 is 2.20 bits per heavy atom. The molecule has 2 aromatic carbocycles. The van der Waals surface area contributed by atoms with E-state index in [0.29, 0.717) is 32.0 Å². The highest BCUT2D eigenvalue weighted by molar-refractivity contribution is 6.07. The molecule has 2 saturated heterocycles. The molecule has 0 unspecified atom stereocenters. The first-order valence-electron chi connectivity index (χ1n) is 12.6. The molecule has 2 heterocycles. The van der Waals surface area contributed by atoms with Gasteiger partial charge >= 0.3 is 6.03 Å². The van der Waals surface area contributed by atoms with Crippen LogP contribution in [-0.2, 0) is 28.9 Å². The van der Waals surface area contributed by atoms with Crippen molar-refractivity contribution in [2.45, 2.75) is 50.2 Å². The number of amides is 3. The van der Waals surface area contributed by atoms with Crippen LogP contribution in [0.15, 0.2) is 48.5 Å². The first kappa shape index (κ1) is 23.8. The number of likely N-dealkylation sites (tertiary alicyclic amines) is 1. The fourth-order valence-corrected chi connectivity index (χ4v) is 6.05. The van der Waals surface area contributed by atoms with Gasteiger partial charge in [-0.15, -0.1) is 0 Å². The van der Waals surface area contributed by atoms with Crippen LogP contribution < -0.4 is 4.74 Å². The molecule has 3 amide bonds. The van der Waals surface area contributed by atoms with E-state index in [4.69, 9.17) is 9.47 Å². The lowest BCUT2D eigenvalue weighted by Crippen LogP contribution is -2.58. The van der Waals surface area contributed by atoms with Gasteiger partial charge in [0.05, 0.1) is 13.7 Å². The van der Waals surface area contributed by atoms with Gasteiger partial charge < -0.3 is 14.4 Å². The van der Waals surface area contributed by atoms with Crippen LogP contribution >= 0.6 is 0 Å². The smallest absolute Gasteiger partial charge is 0.327 e. The van der Waals surface area contributed by atoms with Gasteiger partial charge in [0.2, 0.25) is 0 Å². The van der Waals surface area contributed by atoms with Crippen LogP contribution in [0.4, 0.5) is 4.79 Å². The van der Waals surface area contributed by atoms with Crippen LogP contribution in [0.25, 0.3) is 0 Å². The van der Waals surface area contributed by atoms with E-state index in [-0.39, 0.29) is 18.5 Å². The van der Waals surface area contributed by atoms with E-state index in [2.05, 4.69) is 29.2 Å². The highest BCUT2D eigenvalue weighted by atomic mass is 16.5. The van der Waals surface area contributed by atoms with Crippen molar-refractivity contribution < 1.29 is 19.1 Å². The summed E-state index contributed by atoms with van der Waals surface area (Å²) < 4.78 is 10.5. The molecule has 7 nitrogen and oxygen atoms in total. The molecule has 0 N–H and O–H groups in total. The number of piperidine rings is 1. The number of carbonyl (C=O) groups excluding carboxylic acids is 2. The molecule has 2 fully saturated rings. The zero-order valence-electron chi connectivity index (χ0n) is 20.7. The number of nitrogens with zero attached hydrogens (tertiary/aromatic N) is 3. The van der Waals surface area contributed by atoms with Gasteiger partial charge in [0, 0.05) is 39.4 Å². The summed E-state index contributed by atoms with van der Waals surface area (Å²) in [5, 5.41) is 0. The SMILES string of the molecule is COCCCN1C(=O)N(Cc2ccc(OC)cc2)C(=O)C12CCN(C1Cc3ccccc3C1)CC2. The second kappa shape index (κ2) is 9.99. The van der Waals surface area contributed by atoms with Crippen molar-refractivity contribution in [3.05, 3.63) is 65.2 Å². The summed E-state index contributed by atoms with van der Waals surface area (Å²) in [6.45, 7) is 3.04. The molecule has 0 saturated carbocycles. The molecule has 2 aliphatic heterocycles. The number of rotatable bonds is 8. The van der Waals surface area contributed by atoms with Gasteiger partial charge in [0.1, 0.15) is 11.3 Å². The molecule has 35 heavy (non-hydrogen) atoms. The topological polar surface area (TPSA) is 62.3 Å². The fourth-order valence-electron chi connectivity index (χ4n) is 6.05. The van der Waals surface area contributed by atoms with Crippen LogP contribution in [0, 0.1) is 0 Å². The number of hydrogen-bond acceptors (Lipinski definition) is 5. The predicted octanol–water partition coefficient (Wildman–Crippen LogP) is 3.50. The lowest BCUT2D eigenvalue weighted by Gasteiger charge is -2.44. The molecule has 1 aliphatic carbocycles. The standard InChI is InChI=1S/C28H35N3O4/c1-34-17-5-14-31-27(33)30(20-21-8-10-25(35-2)11-9-21)26(32)28(31)12-15-29(16-13-28)24-18-22-6-3-4-7-23(22)19-24/h3-4,6-11,24H,5,12-20H2,1-2H3. The molecule has 2 aromatic rings. The zero-order chi connectivity index (χ0) is 24.4. The summed E-state index contributed by atoms with van der Waals surface area (Å²) in [6.07, 6.45) is 4.21. The van der Waals surface area contributed by atoms with Crippen molar-refractivity contribution in [1.82, 2.24) is 14.7 Å². The number of carbonyl (C=O) groups is 2. The second-order valence-corrected chi connectivity index (χ2v) is 9.92. The van der Waals surface area contributed by atoms with E-state index in [1.807, 2.05) is 29.2 Å². The van der Waals surface area contributed by atoms with Crippen LogP contribution in [0.5, 0.6) is 5.75 Å². The Kier molecular flexibility index (Phi) is 6.80. The molecular weight excluding hydrogens is 442 g/mol. The third kappa shape index (κ3) is 4.43. The summed E-state index contributed by atoms with van der Waals surface area (Å²) in [4.78, 5) is 33.2. The Bertz CT molecular complexity index is 1040. The second-order valence-electron chi connectivity index (χ2n) is 9.92. The average Bonchev–Trinajstić information content (AvgIpc) is 3.40. The molecule has 7 heteroatoms. The monoisotopic (exact) mass is 477 g/mol. The van der Waals surface area contributed by atoms with Crippen molar-refractivity contribution >= 4 is 11.9 Å². The summed E-state index contributed by atoms with van der Waals surface area (Å²) in [5.74, 6) is 0.706. The number of methoxy groups -OCH3 is 2. The van der Waals surface area contributed by atoms with Crippen LogP contribution in [-0.4, -0.2) is 78.7 Å². The molecule has 5 rings (SSSR count). The summed E-state index contributed by atoms with van der Waals surface area (Å²) >= 11 is 0. The van der Waals surface area contributed by atoms with E-state index in [1.165, 1.54) is 16.0 Å². The van der Waals surface area contributed by atoms with Gasteiger partial charge in [-0.2, -0.15) is 0 Å². The van der Waals surface area contributed by atoms with Gasteiger partial charge in [-0.25, -0.2) is 4.79 Å². The lowest BCUT2D eigenvalue weighted by atomic mass is 9.85. The Morgan fingerprint density at radius 1 is 0.943 bits per heavy atom. The first-order chi connectivity index (χ1) is 17.1. The summed E-state index contributed by atoms with van der Waals surface area (Å²) in [6, 6.07) is 16.6. The van der Waals surface area contributed by atoms with Crippen molar-refractivity contribution in [1.29, 1.82) is 0 Å². The van der Waals surface area contributed by atoms with Crippen LogP contribution in [0.2, 0.25) is 0 Å². The third-order valence-electron chi connectivity index (χ3n) is 8.02. The number of benzene rings is 2. The maximum Gasteiger partial charge on any atom is 0.327 e. The Labute approximate surface area is 207 Å². The molecule has 3 aliphatic rings. The van der Waals surface area contributed by atoms with E-state index in [1.54, 1.807) is 14.2 Å². The third-order valence-corrected chi connectivity index (χ3v) is 8.02. The number of hydrogen-bond donors (Lipinski definition) is 0. The quantitative estimate of drug-likeness (QED) is 0.430. The zero-order valence-corrected chi connectivity index (χ0v) is 20.7. The highest BCUT2D eigenvalue weighted by Gasteiger charge is 2.57. The minimum atomic E-state index is -0.751. The predicted molar refractivity (Wildman–Crippen MR) is 133 cm³/mol. The van der Waals surface area contributed by atoms with Gasteiger partial charge in [-0.05, 0) is 60.9 Å². The molecule has 0 aromatic heterocycles. The summed E-state index contributed by atoms with van der Waals surface area (Å²) in [7, 11) is 3.29. The molecule has 1 spiro atoms. The van der Waals surface area contributed by atoms with Crippen LogP contribution in [0.1, 0.15) is 36.0 Å². The van der Waals surface area contributed by atoms with Crippen molar-refractivity contribution in [3.8, 4) is 5.75 Å². The Hall–Kier alpha value is -2.90. The van der Waals surface area contributed by atoms with Gasteiger partial charge in [0.25, 0.3) is 5.91 Å². The van der Waals surface area contributed by atoms with E-state index in [0.717, 1.165) is 43.7 Å². The number of ether oxygens (including phenoxy) is 2. The molecule has 0 bridgehead atoms. The average molecular weight is 478 g/mol. The molecule has 0 radical (unpaired) electrons. The Morgan fingerprint density at radius 2 is 1.60 bits per heavy atom. The summed E-state index contributed by atoms with van der Waals surface area (Å²) in [5.41, 5.74) is 3.05. The largest absolute Gasteiger partial charge is 0.497 e. The molecule has 0 atom stereocenters. The minimum Gasteiger partial charge on any atom is -0.497 e. The van der Waals surface area contributed by atoms with Crippen molar-refractivity contribution in [2.75, 3.05) is 40.5 Å². The van der Waals surface area contributed by atoms with Gasteiger partial charge in [-0.3, -0.25) is 14.6 Å². The minimum absolute atomic E-state index is 0.0508. The fraction of sp³-hybridized carbons (Fsp3) is 0.500. The maximum absolute atomic E-state index is 13.9. The Balaban J connectivity index is 1.32. The van der Waals surface area contributed by atoms with Crippen LogP contribution in [0.3, 0.4) is 0 Å². The van der Waals surface area contributed by atoms with E-state index in [9.17, 15) is 9.59 Å². The highest BCUT2D eigenvalue weighted by Crippen LogP contribution is 2.39. The van der Waals surface area contributed by atoms with Gasteiger partial charge in [-0.1, -0.05) is 36.4 Å². The van der Waals surface area contributed by atoms with Crippen molar-refractivity contribution in [3.63, 3.8) is 0 Å². The van der Waals surface area contributed by atoms with E-state index >= 15 is 0 Å². The first-order valence-corrected chi connectivity index (χ1v) is 12.6. The molecule has 186 valence electrons. The lowest BCUT2D eigenvalue weighted by molar-refractivity contribution is -0.136. The van der Waals surface area contributed by atoms with Gasteiger partial charge in [0.15, 0.2) is 0 Å². The van der Waals surface area contributed by atoms with Crippen molar-refractivity contribution in [2.24, 2.45) is 0 Å². The number of urea groups is 1. The van der Waals surface area contributed by atoms with E-state index < -0.39 is 5.54 Å². The normalized spacial score (nSPS) is 20.2.